The Morgan fingerprint density at radius 3 is 2.47 bits per heavy atom. The van der Waals surface area contributed by atoms with E-state index in [9.17, 15) is 9.59 Å². The SMILES string of the molecule is CCCCCCCCCCCC(=O)OCC(C)[C@@H]1C(=O)OC[C@@H]1CC1(Cl)C(Cl)N=CN1C. The topological polar surface area (TPSA) is 68.2 Å². The maximum absolute atomic E-state index is 12.4. The molecule has 0 aromatic heterocycles. The van der Waals surface area contributed by atoms with Gasteiger partial charge in [-0.2, -0.15) is 0 Å². The number of nitrogens with zero attached hydrogens (tertiary/aromatic N) is 2. The van der Waals surface area contributed by atoms with E-state index in [-0.39, 0.29) is 36.3 Å². The molecule has 0 radical (unpaired) electrons. The second kappa shape index (κ2) is 13.6. The third kappa shape index (κ3) is 7.79. The van der Waals surface area contributed by atoms with Crippen LogP contribution in [-0.2, 0) is 19.1 Å². The van der Waals surface area contributed by atoms with Crippen molar-refractivity contribution in [3.63, 3.8) is 0 Å². The fraction of sp³-hybridized carbons (Fsp3) is 0.875. The molecule has 5 atom stereocenters. The quantitative estimate of drug-likeness (QED) is 0.127. The van der Waals surface area contributed by atoms with E-state index in [1.54, 1.807) is 11.2 Å². The average Bonchev–Trinajstić information content (AvgIpc) is 3.24. The highest BCUT2D eigenvalue weighted by atomic mass is 35.5. The predicted octanol–water partition coefficient (Wildman–Crippen LogP) is 5.74. The Kier molecular flexibility index (Phi) is 11.6. The van der Waals surface area contributed by atoms with Crippen molar-refractivity contribution in [1.29, 1.82) is 0 Å². The van der Waals surface area contributed by atoms with Crippen molar-refractivity contribution in [1.82, 2.24) is 4.90 Å². The molecule has 2 aliphatic rings. The summed E-state index contributed by atoms with van der Waals surface area (Å²) in [5.41, 5.74) is -0.588. The van der Waals surface area contributed by atoms with Gasteiger partial charge in [0.05, 0.1) is 25.5 Å². The first kappa shape index (κ1) is 27.2. The monoisotopic (exact) mass is 490 g/mol. The maximum atomic E-state index is 12.4. The summed E-state index contributed by atoms with van der Waals surface area (Å²) in [5.74, 6) is -1.07. The van der Waals surface area contributed by atoms with Crippen LogP contribution in [0.15, 0.2) is 4.99 Å². The highest BCUT2D eigenvalue weighted by molar-refractivity contribution is 6.33. The zero-order valence-corrected chi connectivity index (χ0v) is 21.4. The van der Waals surface area contributed by atoms with E-state index in [4.69, 9.17) is 32.7 Å². The van der Waals surface area contributed by atoms with Crippen LogP contribution in [0.5, 0.6) is 0 Å². The first-order valence-electron chi connectivity index (χ1n) is 12.2. The second-order valence-electron chi connectivity index (χ2n) is 9.39. The molecule has 0 saturated carbocycles. The number of unbranched alkanes of at least 4 members (excludes halogenated alkanes) is 8. The third-order valence-electron chi connectivity index (χ3n) is 6.69. The van der Waals surface area contributed by atoms with Crippen LogP contribution in [0.2, 0.25) is 0 Å². The molecule has 184 valence electrons. The van der Waals surface area contributed by atoms with E-state index < -0.39 is 10.5 Å². The summed E-state index contributed by atoms with van der Waals surface area (Å²) in [4.78, 5) is 29.6. The molecule has 6 nitrogen and oxygen atoms in total. The van der Waals surface area contributed by atoms with Gasteiger partial charge in [0.15, 0.2) is 10.5 Å². The molecule has 0 aromatic rings. The van der Waals surface area contributed by atoms with Crippen LogP contribution >= 0.6 is 23.2 Å². The van der Waals surface area contributed by atoms with Crippen LogP contribution in [-0.4, -0.2) is 53.9 Å². The van der Waals surface area contributed by atoms with Crippen molar-refractivity contribution in [2.75, 3.05) is 20.3 Å². The van der Waals surface area contributed by atoms with Crippen molar-refractivity contribution < 1.29 is 19.1 Å². The molecular formula is C24H40Cl2N2O4. The molecule has 0 aliphatic carbocycles. The Labute approximate surface area is 203 Å². The summed E-state index contributed by atoms with van der Waals surface area (Å²) in [6.45, 7) is 4.65. The average molecular weight is 492 g/mol. The highest BCUT2D eigenvalue weighted by Gasteiger charge is 2.50. The van der Waals surface area contributed by atoms with E-state index in [0.29, 0.717) is 19.4 Å². The maximum Gasteiger partial charge on any atom is 0.309 e. The highest BCUT2D eigenvalue weighted by Crippen LogP contribution is 2.43. The van der Waals surface area contributed by atoms with Gasteiger partial charge in [0.2, 0.25) is 0 Å². The minimum Gasteiger partial charge on any atom is -0.465 e. The number of hydrogen-bond acceptors (Lipinski definition) is 6. The third-order valence-corrected chi connectivity index (χ3v) is 7.91. The lowest BCUT2D eigenvalue weighted by molar-refractivity contribution is -0.149. The molecule has 8 heteroatoms. The van der Waals surface area contributed by atoms with Crippen LogP contribution in [0.4, 0.5) is 0 Å². The smallest absolute Gasteiger partial charge is 0.309 e. The van der Waals surface area contributed by atoms with Crippen LogP contribution < -0.4 is 0 Å². The second-order valence-corrected chi connectivity index (χ2v) is 10.5. The fourth-order valence-electron chi connectivity index (χ4n) is 4.59. The molecule has 2 rings (SSSR count). The number of esters is 2. The number of aliphatic imine (C=N–C) groups is 1. The van der Waals surface area contributed by atoms with Gasteiger partial charge in [-0.25, -0.2) is 0 Å². The zero-order chi connectivity index (χ0) is 23.6. The molecular weight excluding hydrogens is 451 g/mol. The van der Waals surface area contributed by atoms with Crippen LogP contribution in [0, 0.1) is 17.8 Å². The van der Waals surface area contributed by atoms with Crippen molar-refractivity contribution >= 4 is 41.5 Å². The largest absolute Gasteiger partial charge is 0.465 e. The normalized spacial score (nSPS) is 28.2. The Balaban J connectivity index is 1.67. The number of carbonyl (C=O) groups excluding carboxylic acids is 2. The molecule has 32 heavy (non-hydrogen) atoms. The number of likely N-dealkylation sites (N-methyl/N-ethyl adjacent to an activating group) is 1. The number of carbonyl (C=O) groups is 2. The molecule has 0 N–H and O–H groups in total. The first-order valence-corrected chi connectivity index (χ1v) is 13.0. The molecule has 0 aromatic carbocycles. The summed E-state index contributed by atoms with van der Waals surface area (Å²) in [6, 6.07) is 0. The van der Waals surface area contributed by atoms with E-state index in [1.807, 2.05) is 14.0 Å². The minimum absolute atomic E-state index is 0.101. The van der Waals surface area contributed by atoms with Gasteiger partial charge in [-0.1, -0.05) is 88.4 Å². The lowest BCUT2D eigenvalue weighted by Crippen LogP contribution is -2.45. The summed E-state index contributed by atoms with van der Waals surface area (Å²) in [5, 5.41) is 0. The van der Waals surface area contributed by atoms with Crippen molar-refractivity contribution in [3.8, 4) is 0 Å². The van der Waals surface area contributed by atoms with Crippen molar-refractivity contribution in [2.24, 2.45) is 22.7 Å². The van der Waals surface area contributed by atoms with Crippen LogP contribution in [0.1, 0.15) is 84.5 Å². The van der Waals surface area contributed by atoms with Crippen LogP contribution in [0.3, 0.4) is 0 Å². The summed E-state index contributed by atoms with van der Waals surface area (Å²) in [7, 11) is 1.82. The van der Waals surface area contributed by atoms with Gasteiger partial charge in [0, 0.05) is 25.3 Å². The predicted molar refractivity (Wildman–Crippen MR) is 129 cm³/mol. The standard InChI is InChI=1S/C24H40Cl2N2O4/c1-4-5-6-7-8-9-10-11-12-13-20(29)31-15-18(2)21-19(16-32-22(21)30)14-24(26)23(25)27-17-28(24)3/h17-19,21,23H,4-16H2,1-3H3/t18?,19-,21-,23?,24?/m0/s1. The first-order chi connectivity index (χ1) is 15.3. The number of ether oxygens (including phenoxy) is 2. The lowest BCUT2D eigenvalue weighted by Gasteiger charge is -2.35. The van der Waals surface area contributed by atoms with Gasteiger partial charge in [-0.05, 0) is 12.8 Å². The number of cyclic esters (lactones) is 1. The van der Waals surface area contributed by atoms with E-state index in [1.165, 1.54) is 44.9 Å². The van der Waals surface area contributed by atoms with Gasteiger partial charge in [0.1, 0.15) is 0 Å². The summed E-state index contributed by atoms with van der Waals surface area (Å²) < 4.78 is 10.8. The van der Waals surface area contributed by atoms with Gasteiger partial charge in [0.25, 0.3) is 0 Å². The van der Waals surface area contributed by atoms with E-state index >= 15 is 0 Å². The van der Waals surface area contributed by atoms with Gasteiger partial charge in [-0.3, -0.25) is 14.6 Å². The number of alkyl halides is 2. The molecule has 2 heterocycles. The molecule has 1 saturated heterocycles. The number of halogens is 2. The van der Waals surface area contributed by atoms with E-state index in [2.05, 4.69) is 11.9 Å². The Morgan fingerprint density at radius 1 is 1.25 bits per heavy atom. The number of rotatable bonds is 15. The molecule has 0 bridgehead atoms. The molecule has 0 spiro atoms. The number of hydrogen-bond donors (Lipinski definition) is 0. The van der Waals surface area contributed by atoms with Gasteiger partial charge >= 0.3 is 11.9 Å². The minimum atomic E-state index is -0.884. The Morgan fingerprint density at radius 2 is 1.88 bits per heavy atom. The van der Waals surface area contributed by atoms with Crippen LogP contribution in [0.25, 0.3) is 0 Å². The zero-order valence-electron chi connectivity index (χ0n) is 19.9. The Bertz CT molecular complexity index is 619. The van der Waals surface area contributed by atoms with Gasteiger partial charge < -0.3 is 14.4 Å². The summed E-state index contributed by atoms with van der Waals surface area (Å²) in [6.07, 6.45) is 13.4. The fourth-order valence-corrected chi connectivity index (χ4v) is 5.18. The summed E-state index contributed by atoms with van der Waals surface area (Å²) >= 11 is 13.0. The Hall–Kier alpha value is -1.01. The van der Waals surface area contributed by atoms with Crippen molar-refractivity contribution in [2.45, 2.75) is 95.0 Å². The molecule has 0 amide bonds. The lowest BCUT2D eigenvalue weighted by atomic mass is 9.81. The van der Waals surface area contributed by atoms with Gasteiger partial charge in [-0.15, -0.1) is 0 Å². The molecule has 3 unspecified atom stereocenters. The molecule has 2 aliphatic heterocycles. The van der Waals surface area contributed by atoms with Crippen molar-refractivity contribution in [3.05, 3.63) is 0 Å². The van der Waals surface area contributed by atoms with E-state index in [0.717, 1.165) is 12.8 Å². The molecule has 1 fully saturated rings.